The molecule has 8 heteroatoms. The van der Waals surface area contributed by atoms with Crippen LogP contribution >= 0.6 is 23.6 Å². The fourth-order valence-corrected chi connectivity index (χ4v) is 4.69. The zero-order chi connectivity index (χ0) is 21.4. The first kappa shape index (κ1) is 20.2. The summed E-state index contributed by atoms with van der Waals surface area (Å²) >= 11 is 6.70. The summed E-state index contributed by atoms with van der Waals surface area (Å²) in [5, 5.41) is 2.88. The molecule has 0 aliphatic heterocycles. The van der Waals surface area contributed by atoms with E-state index < -0.39 is 0 Å². The molecule has 6 nitrogen and oxygen atoms in total. The number of hydrogen-bond acceptors (Lipinski definition) is 5. The van der Waals surface area contributed by atoms with Crippen molar-refractivity contribution in [3.05, 3.63) is 79.8 Å². The molecule has 0 atom stereocenters. The van der Waals surface area contributed by atoms with Crippen LogP contribution in [0.5, 0.6) is 0 Å². The zero-order valence-corrected chi connectivity index (χ0v) is 18.4. The molecule has 0 spiro atoms. The van der Waals surface area contributed by atoms with E-state index in [1.165, 1.54) is 15.9 Å². The molecule has 152 valence electrons. The van der Waals surface area contributed by atoms with Crippen LogP contribution < -0.4 is 10.9 Å². The van der Waals surface area contributed by atoms with Crippen LogP contribution in [0.25, 0.3) is 16.0 Å². The van der Waals surface area contributed by atoms with E-state index in [0.29, 0.717) is 20.1 Å². The number of fused-ring (bicyclic) bond motifs is 1. The molecule has 0 bridgehead atoms. The number of thiazole rings is 1. The highest BCUT2D eigenvalue weighted by Gasteiger charge is 2.17. The monoisotopic (exact) mass is 436 g/mol. The van der Waals surface area contributed by atoms with Crippen molar-refractivity contribution in [1.82, 2.24) is 14.1 Å². The van der Waals surface area contributed by atoms with Gasteiger partial charge in [-0.1, -0.05) is 47.2 Å². The molecule has 2 aromatic carbocycles. The van der Waals surface area contributed by atoms with Gasteiger partial charge in [-0.15, -0.1) is 0 Å². The van der Waals surface area contributed by atoms with Gasteiger partial charge in [-0.3, -0.25) is 18.7 Å². The van der Waals surface area contributed by atoms with E-state index in [2.05, 4.69) is 10.3 Å². The third-order valence-corrected chi connectivity index (χ3v) is 6.21. The van der Waals surface area contributed by atoms with Gasteiger partial charge in [-0.25, -0.2) is 4.98 Å². The maximum atomic E-state index is 13.1. The minimum atomic E-state index is -0.278. The van der Waals surface area contributed by atoms with Crippen LogP contribution in [0.3, 0.4) is 0 Å². The van der Waals surface area contributed by atoms with Crippen LogP contribution in [0.1, 0.15) is 17.0 Å². The van der Waals surface area contributed by atoms with Crippen LogP contribution in [0, 0.1) is 24.7 Å². The largest absolute Gasteiger partial charge is 0.324 e. The molecule has 0 fully saturated rings. The van der Waals surface area contributed by atoms with Crippen LogP contribution in [-0.4, -0.2) is 20.0 Å². The summed E-state index contributed by atoms with van der Waals surface area (Å²) in [5.41, 5.74) is 3.93. The molecule has 1 N–H and O–H groups in total. The lowest BCUT2D eigenvalue weighted by molar-refractivity contribution is -0.116. The molecule has 4 rings (SSSR count). The van der Waals surface area contributed by atoms with Crippen molar-refractivity contribution < 1.29 is 4.79 Å². The first-order chi connectivity index (χ1) is 14.3. The number of aromatic nitrogens is 3. The predicted molar refractivity (Wildman–Crippen MR) is 123 cm³/mol. The number of hydrogen-bond donors (Lipinski definition) is 1. The van der Waals surface area contributed by atoms with Crippen LogP contribution in [0.4, 0.5) is 5.69 Å². The topological polar surface area (TPSA) is 68.9 Å². The Hall–Kier alpha value is -3.10. The summed E-state index contributed by atoms with van der Waals surface area (Å²) in [6.45, 7) is 5.55. The maximum absolute atomic E-state index is 13.1. The van der Waals surface area contributed by atoms with E-state index in [1.54, 1.807) is 11.5 Å². The SMILES string of the molecule is Cc1ccc(NC(=O)Cn2c(C)nc3c(sc(=S)n3-c3ccccc3)c2=O)c(C)c1. The Morgan fingerprint density at radius 3 is 2.57 bits per heavy atom. The number of para-hydroxylation sites is 1. The van der Waals surface area contributed by atoms with Crippen LogP contribution in [0.2, 0.25) is 0 Å². The van der Waals surface area contributed by atoms with Gasteiger partial charge in [0.1, 0.15) is 17.1 Å². The van der Waals surface area contributed by atoms with Gasteiger partial charge in [0.2, 0.25) is 5.91 Å². The van der Waals surface area contributed by atoms with E-state index >= 15 is 0 Å². The summed E-state index contributed by atoms with van der Waals surface area (Å²) < 4.78 is 4.16. The molecule has 0 unspecified atom stereocenters. The lowest BCUT2D eigenvalue weighted by Crippen LogP contribution is -2.30. The molecule has 2 aromatic heterocycles. The summed E-state index contributed by atoms with van der Waals surface area (Å²) in [5.74, 6) is 0.181. The third kappa shape index (κ3) is 3.71. The molecule has 0 saturated heterocycles. The molecule has 0 aliphatic rings. The second-order valence-corrected chi connectivity index (χ2v) is 8.75. The van der Waals surface area contributed by atoms with Crippen LogP contribution in [-0.2, 0) is 11.3 Å². The minimum absolute atomic E-state index is 0.114. The minimum Gasteiger partial charge on any atom is -0.324 e. The Balaban J connectivity index is 1.71. The first-order valence-corrected chi connectivity index (χ1v) is 10.6. The van der Waals surface area contributed by atoms with Crippen molar-refractivity contribution in [3.63, 3.8) is 0 Å². The molecule has 2 heterocycles. The van der Waals surface area contributed by atoms with E-state index in [4.69, 9.17) is 12.2 Å². The normalized spacial score (nSPS) is 11.0. The fourth-order valence-electron chi connectivity index (χ4n) is 3.37. The number of carbonyl (C=O) groups excluding carboxylic acids is 1. The van der Waals surface area contributed by atoms with E-state index in [-0.39, 0.29) is 18.0 Å². The van der Waals surface area contributed by atoms with Crippen molar-refractivity contribution in [2.75, 3.05) is 5.32 Å². The molecular formula is C22H20N4O2S2. The van der Waals surface area contributed by atoms with E-state index in [1.807, 2.05) is 62.4 Å². The van der Waals surface area contributed by atoms with Crippen molar-refractivity contribution in [2.45, 2.75) is 27.3 Å². The van der Waals surface area contributed by atoms with Crippen molar-refractivity contribution in [3.8, 4) is 5.69 Å². The average Bonchev–Trinajstić information content (AvgIpc) is 3.04. The Morgan fingerprint density at radius 1 is 1.13 bits per heavy atom. The van der Waals surface area contributed by atoms with E-state index in [9.17, 15) is 9.59 Å². The van der Waals surface area contributed by atoms with Gasteiger partial charge >= 0.3 is 0 Å². The van der Waals surface area contributed by atoms with Crippen molar-refractivity contribution in [1.29, 1.82) is 0 Å². The lowest BCUT2D eigenvalue weighted by atomic mass is 10.1. The number of anilines is 1. The smallest absolute Gasteiger partial charge is 0.273 e. The Labute approximate surface area is 182 Å². The van der Waals surface area contributed by atoms with Gasteiger partial charge in [-0.05, 0) is 56.8 Å². The number of benzene rings is 2. The standard InChI is InChI=1S/C22H20N4O2S2/c1-13-9-10-17(14(2)11-13)24-18(27)12-25-15(3)23-20-19(21(25)28)30-22(29)26(20)16-7-5-4-6-8-16/h4-11H,12H2,1-3H3,(H,24,27). The van der Waals surface area contributed by atoms with Gasteiger partial charge in [0.05, 0.1) is 0 Å². The second kappa shape index (κ2) is 7.97. The lowest BCUT2D eigenvalue weighted by Gasteiger charge is -2.12. The highest BCUT2D eigenvalue weighted by atomic mass is 32.1. The van der Waals surface area contributed by atoms with Gasteiger partial charge in [0, 0.05) is 11.4 Å². The zero-order valence-electron chi connectivity index (χ0n) is 16.8. The Bertz CT molecular complexity index is 1380. The molecule has 0 saturated carbocycles. The highest BCUT2D eigenvalue weighted by molar-refractivity contribution is 7.73. The van der Waals surface area contributed by atoms with Gasteiger partial charge in [0.15, 0.2) is 9.60 Å². The van der Waals surface area contributed by atoms with Gasteiger partial charge in [-0.2, -0.15) is 0 Å². The number of aryl methyl sites for hydroxylation is 3. The van der Waals surface area contributed by atoms with Crippen molar-refractivity contribution >= 4 is 45.5 Å². The fraction of sp³-hybridized carbons (Fsp3) is 0.182. The Kier molecular flexibility index (Phi) is 5.36. The van der Waals surface area contributed by atoms with Crippen molar-refractivity contribution in [2.24, 2.45) is 0 Å². The molecular weight excluding hydrogens is 416 g/mol. The predicted octanol–water partition coefficient (Wildman–Crippen LogP) is 4.54. The maximum Gasteiger partial charge on any atom is 0.273 e. The number of rotatable bonds is 4. The summed E-state index contributed by atoms with van der Waals surface area (Å²) in [4.78, 5) is 30.4. The quantitative estimate of drug-likeness (QED) is 0.477. The Morgan fingerprint density at radius 2 is 1.87 bits per heavy atom. The van der Waals surface area contributed by atoms with Crippen LogP contribution in [0.15, 0.2) is 53.3 Å². The highest BCUT2D eigenvalue weighted by Crippen LogP contribution is 2.23. The summed E-state index contributed by atoms with van der Waals surface area (Å²) in [6.07, 6.45) is 0. The van der Waals surface area contributed by atoms with E-state index in [0.717, 1.165) is 22.5 Å². The summed E-state index contributed by atoms with van der Waals surface area (Å²) in [7, 11) is 0. The third-order valence-electron chi connectivity index (χ3n) is 4.86. The molecule has 4 aromatic rings. The number of nitrogens with zero attached hydrogens (tertiary/aromatic N) is 3. The molecule has 0 radical (unpaired) electrons. The molecule has 1 amide bonds. The first-order valence-electron chi connectivity index (χ1n) is 9.40. The summed E-state index contributed by atoms with van der Waals surface area (Å²) in [6, 6.07) is 15.4. The number of carbonyl (C=O) groups is 1. The number of nitrogens with one attached hydrogen (secondary N) is 1. The average molecular weight is 437 g/mol. The van der Waals surface area contributed by atoms with Gasteiger partial charge < -0.3 is 5.32 Å². The molecule has 30 heavy (non-hydrogen) atoms. The van der Waals surface area contributed by atoms with Gasteiger partial charge in [0.25, 0.3) is 5.56 Å². The number of amides is 1. The second-order valence-electron chi connectivity index (χ2n) is 7.11. The molecule has 0 aliphatic carbocycles.